The molecule has 0 amide bonds. The van der Waals surface area contributed by atoms with Gasteiger partial charge in [0.05, 0.1) is 11.6 Å². The molecule has 0 saturated carbocycles. The number of phenols is 1. The minimum Gasteiger partial charge on any atom is -0.508 e. The van der Waals surface area contributed by atoms with Crippen LogP contribution in [0.15, 0.2) is 47.4 Å². The highest BCUT2D eigenvalue weighted by Crippen LogP contribution is 2.26. The van der Waals surface area contributed by atoms with Gasteiger partial charge in [-0.15, -0.1) is 11.8 Å². The van der Waals surface area contributed by atoms with E-state index in [4.69, 9.17) is 10.4 Å². The van der Waals surface area contributed by atoms with Crippen LogP contribution in [0.4, 0.5) is 4.39 Å². The molecule has 18 heavy (non-hydrogen) atoms. The Kier molecular flexibility index (Phi) is 3.85. The van der Waals surface area contributed by atoms with Crippen molar-refractivity contribution < 1.29 is 9.50 Å². The fourth-order valence-electron chi connectivity index (χ4n) is 1.48. The van der Waals surface area contributed by atoms with Gasteiger partial charge in [-0.3, -0.25) is 0 Å². The summed E-state index contributed by atoms with van der Waals surface area (Å²) in [5, 5.41) is 18.1. The van der Waals surface area contributed by atoms with Crippen LogP contribution < -0.4 is 0 Å². The molecule has 0 heterocycles. The van der Waals surface area contributed by atoms with E-state index in [1.807, 2.05) is 6.07 Å². The maximum atomic E-state index is 13.0. The number of nitrogens with zero attached hydrogens (tertiary/aromatic N) is 1. The van der Waals surface area contributed by atoms with Crippen molar-refractivity contribution in [3.8, 4) is 11.8 Å². The molecule has 2 aromatic carbocycles. The monoisotopic (exact) mass is 259 g/mol. The summed E-state index contributed by atoms with van der Waals surface area (Å²) in [7, 11) is 0. The molecule has 0 aliphatic heterocycles. The van der Waals surface area contributed by atoms with E-state index < -0.39 is 5.82 Å². The van der Waals surface area contributed by atoms with E-state index in [9.17, 15) is 4.39 Å². The number of benzene rings is 2. The van der Waals surface area contributed by atoms with Crippen molar-refractivity contribution in [3.63, 3.8) is 0 Å². The molecular weight excluding hydrogens is 249 g/mol. The van der Waals surface area contributed by atoms with Crippen molar-refractivity contribution in [2.45, 2.75) is 10.6 Å². The van der Waals surface area contributed by atoms with Gasteiger partial charge in [0.15, 0.2) is 0 Å². The first-order valence-corrected chi connectivity index (χ1v) is 6.28. The SMILES string of the molecule is N#Cc1cc(F)ccc1CSc1ccc(O)cc1. The molecule has 0 aromatic heterocycles. The molecule has 0 unspecified atom stereocenters. The second-order valence-corrected chi connectivity index (χ2v) is 4.74. The molecule has 1 N–H and O–H groups in total. The average Bonchev–Trinajstić information content (AvgIpc) is 2.39. The number of halogens is 1. The highest BCUT2D eigenvalue weighted by Gasteiger charge is 2.04. The maximum Gasteiger partial charge on any atom is 0.124 e. The number of hydrogen-bond donors (Lipinski definition) is 1. The Morgan fingerprint density at radius 2 is 1.89 bits per heavy atom. The Bertz CT molecular complexity index is 590. The van der Waals surface area contributed by atoms with Gasteiger partial charge < -0.3 is 5.11 Å². The van der Waals surface area contributed by atoms with Crippen LogP contribution >= 0.6 is 11.8 Å². The van der Waals surface area contributed by atoms with E-state index in [0.29, 0.717) is 11.3 Å². The van der Waals surface area contributed by atoms with Gasteiger partial charge in [-0.25, -0.2) is 4.39 Å². The summed E-state index contributed by atoms with van der Waals surface area (Å²) in [6.07, 6.45) is 0. The van der Waals surface area contributed by atoms with Crippen LogP contribution in [0.3, 0.4) is 0 Å². The third-order valence-electron chi connectivity index (χ3n) is 2.42. The fourth-order valence-corrected chi connectivity index (χ4v) is 2.38. The third kappa shape index (κ3) is 3.02. The lowest BCUT2D eigenvalue weighted by Crippen LogP contribution is -1.89. The number of rotatable bonds is 3. The third-order valence-corrected chi connectivity index (χ3v) is 3.48. The van der Waals surface area contributed by atoms with Crippen LogP contribution in [-0.4, -0.2) is 5.11 Å². The van der Waals surface area contributed by atoms with Crippen molar-refractivity contribution in [1.29, 1.82) is 5.26 Å². The largest absolute Gasteiger partial charge is 0.508 e. The number of thioether (sulfide) groups is 1. The van der Waals surface area contributed by atoms with E-state index >= 15 is 0 Å². The number of phenolic OH excluding ortho intramolecular Hbond substituents is 1. The number of hydrogen-bond acceptors (Lipinski definition) is 3. The first kappa shape index (κ1) is 12.5. The van der Waals surface area contributed by atoms with Crippen molar-refractivity contribution in [1.82, 2.24) is 0 Å². The maximum absolute atomic E-state index is 13.0. The molecule has 2 nitrogen and oxygen atoms in total. The van der Waals surface area contributed by atoms with Crippen molar-refractivity contribution in [2.24, 2.45) is 0 Å². The Hall–Kier alpha value is -1.99. The van der Waals surface area contributed by atoms with Gasteiger partial charge in [0.25, 0.3) is 0 Å². The molecule has 0 atom stereocenters. The first-order chi connectivity index (χ1) is 8.69. The van der Waals surface area contributed by atoms with E-state index in [2.05, 4.69) is 0 Å². The summed E-state index contributed by atoms with van der Waals surface area (Å²) in [4.78, 5) is 0.987. The first-order valence-electron chi connectivity index (χ1n) is 5.29. The van der Waals surface area contributed by atoms with Gasteiger partial charge in [-0.2, -0.15) is 5.26 Å². The quantitative estimate of drug-likeness (QED) is 0.855. The fraction of sp³-hybridized carbons (Fsp3) is 0.0714. The van der Waals surface area contributed by atoms with Crippen molar-refractivity contribution >= 4 is 11.8 Å². The predicted molar refractivity (Wildman–Crippen MR) is 68.8 cm³/mol. The smallest absolute Gasteiger partial charge is 0.124 e. The van der Waals surface area contributed by atoms with Crippen LogP contribution in [0.2, 0.25) is 0 Å². The molecular formula is C14H10FNOS. The molecule has 2 rings (SSSR count). The summed E-state index contributed by atoms with van der Waals surface area (Å²) in [5.41, 5.74) is 1.17. The molecule has 0 spiro atoms. The summed E-state index contributed by atoms with van der Waals surface area (Å²) in [6.45, 7) is 0. The standard InChI is InChI=1S/C14H10FNOS/c15-12-2-1-10(11(7-12)8-16)9-18-14-5-3-13(17)4-6-14/h1-7,17H,9H2. The minimum atomic E-state index is -0.398. The van der Waals surface area contributed by atoms with Gasteiger partial charge in [0.1, 0.15) is 11.6 Å². The number of nitriles is 1. The zero-order chi connectivity index (χ0) is 13.0. The lowest BCUT2D eigenvalue weighted by atomic mass is 10.1. The predicted octanol–water partition coefficient (Wildman–Crippen LogP) is 3.70. The van der Waals surface area contributed by atoms with Crippen LogP contribution in [0.1, 0.15) is 11.1 Å². The van der Waals surface area contributed by atoms with Gasteiger partial charge >= 0.3 is 0 Å². The van der Waals surface area contributed by atoms with Gasteiger partial charge in [-0.1, -0.05) is 6.07 Å². The Morgan fingerprint density at radius 1 is 1.17 bits per heavy atom. The summed E-state index contributed by atoms with van der Waals surface area (Å²) >= 11 is 1.53. The molecule has 0 radical (unpaired) electrons. The topological polar surface area (TPSA) is 44.0 Å². The minimum absolute atomic E-state index is 0.221. The van der Waals surface area contributed by atoms with Crippen LogP contribution in [0.25, 0.3) is 0 Å². The van der Waals surface area contributed by atoms with Gasteiger partial charge in [-0.05, 0) is 42.0 Å². The Morgan fingerprint density at radius 3 is 2.56 bits per heavy atom. The molecule has 0 aliphatic rings. The van der Waals surface area contributed by atoms with Gasteiger partial charge in [0, 0.05) is 10.6 Å². The summed E-state index contributed by atoms with van der Waals surface area (Å²) in [5.74, 6) is 0.414. The molecule has 90 valence electrons. The zero-order valence-electron chi connectivity index (χ0n) is 9.43. The molecule has 0 bridgehead atoms. The van der Waals surface area contributed by atoms with E-state index in [-0.39, 0.29) is 5.75 Å². The van der Waals surface area contributed by atoms with Crippen LogP contribution in [0, 0.1) is 17.1 Å². The second kappa shape index (κ2) is 5.56. The van der Waals surface area contributed by atoms with Crippen LogP contribution in [0.5, 0.6) is 5.75 Å². The molecule has 0 fully saturated rings. The second-order valence-electron chi connectivity index (χ2n) is 3.70. The average molecular weight is 259 g/mol. The zero-order valence-corrected chi connectivity index (χ0v) is 10.2. The van der Waals surface area contributed by atoms with Crippen molar-refractivity contribution in [2.75, 3.05) is 0 Å². The number of aromatic hydroxyl groups is 1. The Labute approximate surface area is 109 Å². The summed E-state index contributed by atoms with van der Waals surface area (Å²) < 4.78 is 13.0. The van der Waals surface area contributed by atoms with E-state index in [0.717, 1.165) is 10.5 Å². The molecule has 4 heteroatoms. The molecule has 0 saturated heterocycles. The van der Waals surface area contributed by atoms with E-state index in [1.165, 1.54) is 23.9 Å². The van der Waals surface area contributed by atoms with Gasteiger partial charge in [0.2, 0.25) is 0 Å². The van der Waals surface area contributed by atoms with E-state index in [1.54, 1.807) is 30.3 Å². The lowest BCUT2D eigenvalue weighted by Gasteiger charge is -2.04. The lowest BCUT2D eigenvalue weighted by molar-refractivity contribution is 0.475. The normalized spacial score (nSPS) is 10.0. The van der Waals surface area contributed by atoms with Crippen LogP contribution in [-0.2, 0) is 5.75 Å². The molecule has 2 aromatic rings. The summed E-state index contributed by atoms with van der Waals surface area (Å²) in [6, 6.07) is 13.0. The molecule has 0 aliphatic carbocycles. The van der Waals surface area contributed by atoms with Crippen molar-refractivity contribution in [3.05, 3.63) is 59.4 Å². The Balaban J connectivity index is 2.11. The highest BCUT2D eigenvalue weighted by atomic mass is 32.2. The highest BCUT2D eigenvalue weighted by molar-refractivity contribution is 7.98.